The SMILES string of the molecule is CCOC(=O)c1ccc2c(c1)CCC(c1ccc(N3CCOCC3)cc1)N2C. The summed E-state index contributed by atoms with van der Waals surface area (Å²) < 4.78 is 10.6. The minimum atomic E-state index is -0.242. The van der Waals surface area contributed by atoms with Crippen LogP contribution in [0.4, 0.5) is 11.4 Å². The van der Waals surface area contributed by atoms with E-state index in [2.05, 4.69) is 47.2 Å². The molecule has 0 N–H and O–H groups in total. The number of hydrogen-bond donors (Lipinski definition) is 0. The highest BCUT2D eigenvalue weighted by Gasteiger charge is 2.26. The van der Waals surface area contributed by atoms with Crippen molar-refractivity contribution in [1.82, 2.24) is 0 Å². The zero-order valence-corrected chi connectivity index (χ0v) is 16.7. The van der Waals surface area contributed by atoms with Crippen molar-refractivity contribution in [3.05, 3.63) is 59.2 Å². The molecule has 1 unspecified atom stereocenters. The van der Waals surface area contributed by atoms with Gasteiger partial charge in [0.05, 0.1) is 31.4 Å². The Balaban J connectivity index is 1.51. The third-order valence-corrected chi connectivity index (χ3v) is 5.78. The van der Waals surface area contributed by atoms with Crippen molar-refractivity contribution < 1.29 is 14.3 Å². The second-order valence-corrected chi connectivity index (χ2v) is 7.42. The number of carbonyl (C=O) groups excluding carboxylic acids is 1. The van der Waals surface area contributed by atoms with E-state index in [4.69, 9.17) is 9.47 Å². The van der Waals surface area contributed by atoms with Crippen molar-refractivity contribution in [2.75, 3.05) is 49.8 Å². The number of rotatable bonds is 4. The maximum atomic E-state index is 12.0. The summed E-state index contributed by atoms with van der Waals surface area (Å²) in [5, 5.41) is 0. The Morgan fingerprint density at radius 3 is 2.61 bits per heavy atom. The van der Waals surface area contributed by atoms with Gasteiger partial charge >= 0.3 is 5.97 Å². The van der Waals surface area contributed by atoms with Gasteiger partial charge in [-0.15, -0.1) is 0 Å². The van der Waals surface area contributed by atoms with Crippen LogP contribution >= 0.6 is 0 Å². The smallest absolute Gasteiger partial charge is 0.338 e. The monoisotopic (exact) mass is 380 g/mol. The van der Waals surface area contributed by atoms with E-state index in [1.165, 1.54) is 22.5 Å². The summed E-state index contributed by atoms with van der Waals surface area (Å²) in [6.07, 6.45) is 2.00. The largest absolute Gasteiger partial charge is 0.462 e. The molecular weight excluding hydrogens is 352 g/mol. The molecule has 0 amide bonds. The predicted octanol–water partition coefficient (Wildman–Crippen LogP) is 3.82. The average molecular weight is 380 g/mol. The Morgan fingerprint density at radius 1 is 1.14 bits per heavy atom. The maximum Gasteiger partial charge on any atom is 0.338 e. The Bertz CT molecular complexity index is 828. The number of hydrogen-bond acceptors (Lipinski definition) is 5. The third-order valence-electron chi connectivity index (χ3n) is 5.78. The molecule has 1 saturated heterocycles. The summed E-state index contributed by atoms with van der Waals surface area (Å²) in [7, 11) is 2.14. The number of ether oxygens (including phenoxy) is 2. The first-order chi connectivity index (χ1) is 13.7. The van der Waals surface area contributed by atoms with E-state index in [-0.39, 0.29) is 5.97 Å². The molecule has 28 heavy (non-hydrogen) atoms. The van der Waals surface area contributed by atoms with Crippen LogP contribution in [0.25, 0.3) is 0 Å². The summed E-state index contributed by atoms with van der Waals surface area (Å²) in [4.78, 5) is 16.7. The molecule has 2 heterocycles. The molecule has 2 aliphatic heterocycles. The van der Waals surface area contributed by atoms with E-state index in [0.29, 0.717) is 18.2 Å². The van der Waals surface area contributed by atoms with Crippen LogP contribution in [0.2, 0.25) is 0 Å². The topological polar surface area (TPSA) is 42.0 Å². The Kier molecular flexibility index (Phi) is 5.53. The highest BCUT2D eigenvalue weighted by atomic mass is 16.5. The van der Waals surface area contributed by atoms with Gasteiger partial charge in [-0.2, -0.15) is 0 Å². The van der Waals surface area contributed by atoms with Crippen molar-refractivity contribution in [2.24, 2.45) is 0 Å². The highest BCUT2D eigenvalue weighted by Crippen LogP contribution is 2.38. The van der Waals surface area contributed by atoms with E-state index in [1.807, 2.05) is 19.1 Å². The molecule has 1 atom stereocenters. The summed E-state index contributed by atoms with van der Waals surface area (Å²) in [6.45, 7) is 5.75. The van der Waals surface area contributed by atoms with Gasteiger partial charge in [-0.05, 0) is 61.2 Å². The number of anilines is 2. The lowest BCUT2D eigenvalue weighted by molar-refractivity contribution is 0.0526. The summed E-state index contributed by atoms with van der Waals surface area (Å²) >= 11 is 0. The molecule has 2 aliphatic rings. The van der Waals surface area contributed by atoms with Gasteiger partial charge in [0, 0.05) is 31.5 Å². The molecule has 2 aromatic rings. The number of fused-ring (bicyclic) bond motifs is 1. The fourth-order valence-corrected chi connectivity index (χ4v) is 4.24. The highest BCUT2D eigenvalue weighted by molar-refractivity contribution is 5.90. The van der Waals surface area contributed by atoms with E-state index < -0.39 is 0 Å². The van der Waals surface area contributed by atoms with Crippen LogP contribution in [0, 0.1) is 0 Å². The van der Waals surface area contributed by atoms with Crippen LogP contribution in [-0.4, -0.2) is 45.9 Å². The third kappa shape index (κ3) is 3.72. The number of nitrogens with zero attached hydrogens (tertiary/aromatic N) is 2. The normalized spacial score (nSPS) is 19.3. The van der Waals surface area contributed by atoms with Gasteiger partial charge in [0.25, 0.3) is 0 Å². The van der Waals surface area contributed by atoms with Crippen LogP contribution in [-0.2, 0) is 15.9 Å². The second kappa shape index (κ2) is 8.23. The minimum Gasteiger partial charge on any atom is -0.462 e. The number of aryl methyl sites for hydroxylation is 1. The molecule has 1 fully saturated rings. The lowest BCUT2D eigenvalue weighted by atomic mass is 9.90. The first kappa shape index (κ1) is 18.8. The molecule has 5 heteroatoms. The molecule has 0 spiro atoms. The average Bonchev–Trinajstić information content (AvgIpc) is 2.75. The molecule has 5 nitrogen and oxygen atoms in total. The molecule has 0 bridgehead atoms. The van der Waals surface area contributed by atoms with Crippen LogP contribution in [0.3, 0.4) is 0 Å². The number of carbonyl (C=O) groups is 1. The Hall–Kier alpha value is -2.53. The summed E-state index contributed by atoms with van der Waals surface area (Å²) in [5.74, 6) is -0.242. The second-order valence-electron chi connectivity index (χ2n) is 7.42. The first-order valence-electron chi connectivity index (χ1n) is 10.1. The van der Waals surface area contributed by atoms with Gasteiger partial charge in [0.1, 0.15) is 0 Å². The Labute approximate surface area is 166 Å². The number of morpholine rings is 1. The van der Waals surface area contributed by atoms with Crippen molar-refractivity contribution in [1.29, 1.82) is 0 Å². The fourth-order valence-electron chi connectivity index (χ4n) is 4.24. The first-order valence-corrected chi connectivity index (χ1v) is 10.1. The fraction of sp³-hybridized carbons (Fsp3) is 0.435. The summed E-state index contributed by atoms with van der Waals surface area (Å²) in [5.41, 5.74) is 5.66. The van der Waals surface area contributed by atoms with Crippen LogP contribution in [0.5, 0.6) is 0 Å². The standard InChI is InChI=1S/C23H28N2O3/c1-3-28-23(26)19-7-11-22-18(16-19)6-10-21(24(22)2)17-4-8-20(9-5-17)25-12-14-27-15-13-25/h4-5,7-9,11,16,21H,3,6,10,12-15H2,1-2H3. The maximum absolute atomic E-state index is 12.0. The number of esters is 1. The van der Waals surface area contributed by atoms with Gasteiger partial charge < -0.3 is 19.3 Å². The lowest BCUT2D eigenvalue weighted by Crippen LogP contribution is -2.36. The number of benzene rings is 2. The van der Waals surface area contributed by atoms with E-state index in [1.54, 1.807) is 0 Å². The van der Waals surface area contributed by atoms with Crippen molar-refractivity contribution >= 4 is 17.3 Å². The van der Waals surface area contributed by atoms with Crippen molar-refractivity contribution in [2.45, 2.75) is 25.8 Å². The van der Waals surface area contributed by atoms with Gasteiger partial charge in [0.15, 0.2) is 0 Å². The molecule has 4 rings (SSSR count). The van der Waals surface area contributed by atoms with E-state index in [9.17, 15) is 4.79 Å². The lowest BCUT2D eigenvalue weighted by Gasteiger charge is -2.37. The minimum absolute atomic E-state index is 0.242. The molecule has 0 radical (unpaired) electrons. The molecule has 0 aromatic heterocycles. The van der Waals surface area contributed by atoms with E-state index in [0.717, 1.165) is 39.1 Å². The van der Waals surface area contributed by atoms with Crippen molar-refractivity contribution in [3.63, 3.8) is 0 Å². The van der Waals surface area contributed by atoms with Crippen LogP contribution in [0.15, 0.2) is 42.5 Å². The van der Waals surface area contributed by atoms with Crippen molar-refractivity contribution in [3.8, 4) is 0 Å². The Morgan fingerprint density at radius 2 is 1.89 bits per heavy atom. The molecule has 0 aliphatic carbocycles. The van der Waals surface area contributed by atoms with Gasteiger partial charge in [-0.3, -0.25) is 0 Å². The van der Waals surface area contributed by atoms with Gasteiger partial charge in [-0.1, -0.05) is 12.1 Å². The quantitative estimate of drug-likeness (QED) is 0.755. The van der Waals surface area contributed by atoms with Gasteiger partial charge in [0.2, 0.25) is 0 Å². The predicted molar refractivity (Wildman–Crippen MR) is 111 cm³/mol. The zero-order chi connectivity index (χ0) is 19.5. The zero-order valence-electron chi connectivity index (χ0n) is 16.7. The van der Waals surface area contributed by atoms with Crippen LogP contribution in [0.1, 0.15) is 40.9 Å². The molecular formula is C23H28N2O3. The van der Waals surface area contributed by atoms with Gasteiger partial charge in [-0.25, -0.2) is 4.79 Å². The molecule has 0 saturated carbocycles. The van der Waals surface area contributed by atoms with Crippen LogP contribution < -0.4 is 9.80 Å². The van der Waals surface area contributed by atoms with E-state index >= 15 is 0 Å². The summed E-state index contributed by atoms with van der Waals surface area (Å²) in [6, 6.07) is 15.2. The molecule has 2 aromatic carbocycles. The molecule has 148 valence electrons.